The molecule has 0 saturated carbocycles. The number of alkyl halides is 3. The van der Waals surface area contributed by atoms with Crippen LogP contribution < -0.4 is 10.5 Å². The summed E-state index contributed by atoms with van der Waals surface area (Å²) in [5.41, 5.74) is 2.46. The van der Waals surface area contributed by atoms with Gasteiger partial charge in [-0.25, -0.2) is 4.98 Å². The van der Waals surface area contributed by atoms with Crippen molar-refractivity contribution in [3.63, 3.8) is 0 Å². The molecule has 1 aromatic heterocycles. The van der Waals surface area contributed by atoms with E-state index in [9.17, 15) is 23.3 Å². The molecule has 2 N–H and O–H groups in total. The van der Waals surface area contributed by atoms with Crippen LogP contribution in [0.1, 0.15) is 5.69 Å². The monoisotopic (exact) mass is 248 g/mol. The van der Waals surface area contributed by atoms with Gasteiger partial charge in [0.05, 0.1) is 11.1 Å². The van der Waals surface area contributed by atoms with Crippen LogP contribution >= 0.6 is 0 Å². The lowest BCUT2D eigenvalue weighted by Crippen LogP contribution is -2.19. The third-order valence-electron chi connectivity index (χ3n) is 1.54. The number of halogens is 3. The molecule has 0 fully saturated rings. The van der Waals surface area contributed by atoms with E-state index in [1.54, 1.807) is 0 Å². The minimum Gasteiger partial charge on any atom is -0.395 e. The molecular formula is C7H3F3N4O3. The van der Waals surface area contributed by atoms with E-state index in [1.165, 1.54) is 6.07 Å². The lowest BCUT2D eigenvalue weighted by Gasteiger charge is -2.10. The Labute approximate surface area is 91.4 Å². The molecule has 0 unspecified atom stereocenters. The minimum atomic E-state index is -5.19. The van der Waals surface area contributed by atoms with Gasteiger partial charge in [-0.15, -0.1) is 13.2 Å². The van der Waals surface area contributed by atoms with Crippen molar-refractivity contribution in [2.24, 2.45) is 0 Å². The fourth-order valence-electron chi connectivity index (χ4n) is 0.977. The van der Waals surface area contributed by atoms with Gasteiger partial charge >= 0.3 is 12.0 Å². The summed E-state index contributed by atoms with van der Waals surface area (Å²) in [6, 6.07) is 1.24. The predicted molar refractivity (Wildman–Crippen MR) is 46.7 cm³/mol. The molecule has 7 nitrogen and oxygen atoms in total. The van der Waals surface area contributed by atoms with Gasteiger partial charge in [0.2, 0.25) is 5.75 Å². The van der Waals surface area contributed by atoms with Crippen LogP contribution in [0.25, 0.3) is 0 Å². The molecule has 0 atom stereocenters. The van der Waals surface area contributed by atoms with Crippen LogP contribution in [0.4, 0.5) is 24.5 Å². The van der Waals surface area contributed by atoms with Crippen molar-refractivity contribution in [1.29, 1.82) is 5.26 Å². The van der Waals surface area contributed by atoms with Gasteiger partial charge in [0.1, 0.15) is 11.8 Å². The second kappa shape index (κ2) is 4.12. The Morgan fingerprint density at radius 2 is 2.18 bits per heavy atom. The number of aromatic nitrogens is 1. The average molecular weight is 248 g/mol. The second-order valence-corrected chi connectivity index (χ2v) is 2.66. The number of nitrogens with two attached hydrogens (primary N) is 1. The quantitative estimate of drug-likeness (QED) is 0.623. The van der Waals surface area contributed by atoms with Crippen LogP contribution in [-0.4, -0.2) is 16.3 Å². The van der Waals surface area contributed by atoms with Crippen molar-refractivity contribution in [3.05, 3.63) is 22.0 Å². The average Bonchev–Trinajstić information content (AvgIpc) is 2.15. The second-order valence-electron chi connectivity index (χ2n) is 2.66. The fraction of sp³-hybridized carbons (Fsp3) is 0.143. The Balaban J connectivity index is 3.47. The third kappa shape index (κ3) is 2.71. The third-order valence-corrected chi connectivity index (χ3v) is 1.54. The molecule has 90 valence electrons. The molecule has 0 bridgehead atoms. The number of ether oxygens (including phenoxy) is 1. The largest absolute Gasteiger partial charge is 0.573 e. The van der Waals surface area contributed by atoms with Crippen LogP contribution in [0.3, 0.4) is 0 Å². The Morgan fingerprint density at radius 3 is 2.59 bits per heavy atom. The summed E-state index contributed by atoms with van der Waals surface area (Å²) < 4.78 is 39.4. The number of rotatable bonds is 2. The first-order valence-electron chi connectivity index (χ1n) is 3.85. The van der Waals surface area contributed by atoms with Crippen molar-refractivity contribution >= 4 is 11.4 Å². The zero-order chi connectivity index (χ0) is 13.2. The van der Waals surface area contributed by atoms with Crippen molar-refractivity contribution < 1.29 is 22.8 Å². The van der Waals surface area contributed by atoms with Crippen molar-refractivity contribution in [2.45, 2.75) is 6.36 Å². The highest BCUT2D eigenvalue weighted by Crippen LogP contribution is 2.37. The molecule has 0 aromatic carbocycles. The van der Waals surface area contributed by atoms with E-state index >= 15 is 0 Å². The van der Waals surface area contributed by atoms with Gasteiger partial charge in [-0.3, -0.25) is 10.1 Å². The molecule has 17 heavy (non-hydrogen) atoms. The van der Waals surface area contributed by atoms with Crippen LogP contribution in [-0.2, 0) is 0 Å². The van der Waals surface area contributed by atoms with Crippen LogP contribution in [0.2, 0.25) is 0 Å². The molecule has 0 saturated heterocycles. The van der Waals surface area contributed by atoms with E-state index in [4.69, 9.17) is 11.0 Å². The molecular weight excluding hydrogens is 245 g/mol. The molecule has 0 radical (unpaired) electrons. The molecule has 1 rings (SSSR count). The van der Waals surface area contributed by atoms with E-state index in [-0.39, 0.29) is 0 Å². The van der Waals surface area contributed by atoms with Gasteiger partial charge in [0.15, 0.2) is 5.69 Å². The van der Waals surface area contributed by atoms with Crippen molar-refractivity contribution in [2.75, 3.05) is 5.73 Å². The molecule has 0 spiro atoms. The van der Waals surface area contributed by atoms with Gasteiger partial charge in [-0.2, -0.15) is 5.26 Å². The first-order valence-corrected chi connectivity index (χ1v) is 3.85. The number of hydrogen-bond acceptors (Lipinski definition) is 6. The summed E-state index contributed by atoms with van der Waals surface area (Å²) in [5, 5.41) is 19.0. The number of anilines is 1. The van der Waals surface area contributed by atoms with Gasteiger partial charge in [0, 0.05) is 0 Å². The van der Waals surface area contributed by atoms with E-state index < -0.39 is 34.1 Å². The van der Waals surface area contributed by atoms with Gasteiger partial charge in [0.25, 0.3) is 0 Å². The van der Waals surface area contributed by atoms with E-state index in [0.29, 0.717) is 6.20 Å². The van der Waals surface area contributed by atoms with E-state index in [2.05, 4.69) is 9.72 Å². The first kappa shape index (κ1) is 12.5. The van der Waals surface area contributed by atoms with Crippen LogP contribution in [0.5, 0.6) is 5.75 Å². The number of pyridine rings is 1. The molecule has 1 aromatic rings. The minimum absolute atomic E-state index is 0.631. The molecule has 10 heteroatoms. The topological polar surface area (TPSA) is 115 Å². The number of nitriles is 1. The Kier molecular flexibility index (Phi) is 3.03. The summed E-state index contributed by atoms with van der Waals surface area (Å²) in [4.78, 5) is 12.6. The summed E-state index contributed by atoms with van der Waals surface area (Å²) in [6.45, 7) is 0. The molecule has 0 amide bonds. The smallest absolute Gasteiger partial charge is 0.395 e. The Bertz CT molecular complexity index is 508. The molecule has 0 aliphatic rings. The fourth-order valence-corrected chi connectivity index (χ4v) is 0.977. The van der Waals surface area contributed by atoms with E-state index in [0.717, 1.165) is 0 Å². The summed E-state index contributed by atoms with van der Waals surface area (Å²) in [6.07, 6.45) is -4.48. The van der Waals surface area contributed by atoms with Crippen LogP contribution in [0.15, 0.2) is 6.20 Å². The molecule has 0 aliphatic heterocycles. The lowest BCUT2D eigenvalue weighted by molar-refractivity contribution is -0.387. The highest BCUT2D eigenvalue weighted by Gasteiger charge is 2.37. The number of nitrogen functional groups attached to an aromatic ring is 1. The highest BCUT2D eigenvalue weighted by molar-refractivity contribution is 5.67. The SMILES string of the molecule is N#Cc1ncc(N)c([N+](=O)[O-])c1OC(F)(F)F. The summed E-state index contributed by atoms with van der Waals surface area (Å²) >= 11 is 0. The lowest BCUT2D eigenvalue weighted by atomic mass is 10.2. The van der Waals surface area contributed by atoms with Gasteiger partial charge in [-0.05, 0) is 0 Å². The maximum atomic E-state index is 12.0. The standard InChI is InChI=1S/C7H3F3N4O3/c8-7(9,10)17-6-4(1-11)13-2-3(12)5(6)14(15)16/h2H,12H2. The number of nitro groups is 1. The number of hydrogen-bond donors (Lipinski definition) is 1. The summed E-state index contributed by atoms with van der Waals surface area (Å²) in [7, 11) is 0. The molecule has 1 heterocycles. The Hall–Kier alpha value is -2.57. The Morgan fingerprint density at radius 1 is 1.59 bits per heavy atom. The first-order chi connectivity index (χ1) is 7.76. The predicted octanol–water partition coefficient (Wildman–Crippen LogP) is 1.34. The normalized spacial score (nSPS) is 10.7. The maximum Gasteiger partial charge on any atom is 0.573 e. The zero-order valence-corrected chi connectivity index (χ0v) is 7.85. The van der Waals surface area contributed by atoms with Gasteiger partial charge in [-0.1, -0.05) is 0 Å². The maximum absolute atomic E-state index is 12.0. The zero-order valence-electron chi connectivity index (χ0n) is 7.85. The van der Waals surface area contributed by atoms with E-state index in [1.807, 2.05) is 0 Å². The van der Waals surface area contributed by atoms with Crippen molar-refractivity contribution in [3.8, 4) is 11.8 Å². The van der Waals surface area contributed by atoms with Crippen LogP contribution in [0, 0.1) is 21.4 Å². The number of nitrogens with zero attached hydrogens (tertiary/aromatic N) is 3. The van der Waals surface area contributed by atoms with Crippen molar-refractivity contribution in [1.82, 2.24) is 4.98 Å². The molecule has 0 aliphatic carbocycles. The summed E-state index contributed by atoms with van der Waals surface area (Å²) in [5.74, 6) is -1.31. The highest BCUT2D eigenvalue weighted by atomic mass is 19.4. The van der Waals surface area contributed by atoms with Gasteiger partial charge < -0.3 is 10.5 Å².